The molecule has 1 spiro atoms. The van der Waals surface area contributed by atoms with Crippen molar-refractivity contribution in [1.82, 2.24) is 4.90 Å². The van der Waals surface area contributed by atoms with E-state index in [1.807, 2.05) is 18.2 Å². The summed E-state index contributed by atoms with van der Waals surface area (Å²) in [5, 5.41) is 3.59. The molecule has 1 atom stereocenters. The van der Waals surface area contributed by atoms with Crippen molar-refractivity contribution in [1.29, 1.82) is 0 Å². The summed E-state index contributed by atoms with van der Waals surface area (Å²) in [6.07, 6.45) is 3.46. The van der Waals surface area contributed by atoms with Gasteiger partial charge in [0.25, 0.3) is 0 Å². The van der Waals surface area contributed by atoms with Gasteiger partial charge >= 0.3 is 0 Å². The third-order valence-electron chi connectivity index (χ3n) is 6.60. The van der Waals surface area contributed by atoms with E-state index in [1.54, 1.807) is 17.0 Å². The van der Waals surface area contributed by atoms with E-state index in [1.165, 1.54) is 6.07 Å². The predicted octanol–water partition coefficient (Wildman–Crippen LogP) is 2.96. The summed E-state index contributed by atoms with van der Waals surface area (Å²) in [5.41, 5.74) is 8.79. The van der Waals surface area contributed by atoms with E-state index in [9.17, 15) is 13.2 Å². The summed E-state index contributed by atoms with van der Waals surface area (Å²) in [4.78, 5) is 19.7. The van der Waals surface area contributed by atoms with Gasteiger partial charge in [0.15, 0.2) is 15.8 Å². The summed E-state index contributed by atoms with van der Waals surface area (Å²) in [6, 6.07) is 10.5. The summed E-state index contributed by atoms with van der Waals surface area (Å²) in [6.45, 7) is 1.23. The Balaban J connectivity index is 1.46. The molecule has 0 radical (unpaired) electrons. The van der Waals surface area contributed by atoms with E-state index >= 15 is 0 Å². The van der Waals surface area contributed by atoms with Crippen LogP contribution in [0.4, 0.5) is 11.4 Å². The maximum absolute atomic E-state index is 13.1. The molecule has 3 N–H and O–H groups in total. The summed E-state index contributed by atoms with van der Waals surface area (Å²) >= 11 is 6.02. The number of fused-ring (bicyclic) bond motifs is 2. The van der Waals surface area contributed by atoms with Crippen LogP contribution in [-0.2, 0) is 31.3 Å². The number of benzene rings is 2. The first-order valence-corrected chi connectivity index (χ1v) is 13.1. The minimum atomic E-state index is -3.48. The van der Waals surface area contributed by atoms with Gasteiger partial charge in [-0.2, -0.15) is 0 Å². The molecule has 2 heterocycles. The van der Waals surface area contributed by atoms with Crippen molar-refractivity contribution in [2.45, 2.75) is 42.2 Å². The minimum absolute atomic E-state index is 0.0181. The molecule has 2 aromatic carbocycles. The van der Waals surface area contributed by atoms with Gasteiger partial charge in [0.05, 0.1) is 17.0 Å². The smallest absolute Gasteiger partial charge is 0.232 e. The Hall–Kier alpha value is -2.62. The molecule has 8 nitrogen and oxygen atoms in total. The molecule has 0 aromatic heterocycles. The van der Waals surface area contributed by atoms with E-state index in [0.29, 0.717) is 30.3 Å². The third kappa shape index (κ3) is 3.88. The molecule has 3 aliphatic rings. The van der Waals surface area contributed by atoms with Crippen LogP contribution in [0, 0.1) is 0 Å². The molecule has 2 aromatic rings. The highest BCUT2D eigenvalue weighted by molar-refractivity contribution is 7.90. The molecule has 1 aliphatic carbocycles. The Kier molecular flexibility index (Phi) is 5.38. The van der Waals surface area contributed by atoms with Gasteiger partial charge in [-0.25, -0.2) is 13.4 Å². The second-order valence-electron chi connectivity index (χ2n) is 8.83. The largest absolute Gasteiger partial charge is 0.381 e. The van der Waals surface area contributed by atoms with E-state index in [0.717, 1.165) is 35.9 Å². The average molecular weight is 489 g/mol. The lowest BCUT2D eigenvalue weighted by molar-refractivity contribution is -0.133. The molecule has 0 saturated carbocycles. The molecule has 1 amide bonds. The number of hydrogen-bond donors (Lipinski definition) is 2. The van der Waals surface area contributed by atoms with Crippen LogP contribution in [0.5, 0.6) is 0 Å². The molecular formula is C23H25ClN4O4S. The normalized spacial score (nSPS) is 23.2. The fraction of sp³-hybridized carbons (Fsp3) is 0.391. The molecule has 174 valence electrons. The lowest BCUT2D eigenvalue weighted by Crippen LogP contribution is -2.58. The molecule has 0 bridgehead atoms. The van der Waals surface area contributed by atoms with Crippen LogP contribution in [0.15, 0.2) is 46.3 Å². The highest BCUT2D eigenvalue weighted by atomic mass is 35.5. The summed E-state index contributed by atoms with van der Waals surface area (Å²) in [7, 11) is -3.48. The molecule has 1 fully saturated rings. The number of carbonyl (C=O) groups is 1. The fourth-order valence-corrected chi connectivity index (χ4v) is 6.13. The molecule has 1 saturated heterocycles. The van der Waals surface area contributed by atoms with Gasteiger partial charge < -0.3 is 15.8 Å². The Bertz CT molecular complexity index is 1270. The van der Waals surface area contributed by atoms with Gasteiger partial charge in [0, 0.05) is 42.6 Å². The number of nitrogens with two attached hydrogens (primary N) is 1. The van der Waals surface area contributed by atoms with E-state index in [4.69, 9.17) is 27.1 Å². The van der Waals surface area contributed by atoms with Gasteiger partial charge in [0.1, 0.15) is 5.54 Å². The number of rotatable bonds is 4. The molecule has 10 heteroatoms. The number of nitrogens with zero attached hydrogens (tertiary/aromatic N) is 2. The summed E-state index contributed by atoms with van der Waals surface area (Å²) in [5.74, 6) is 0.245. The fourth-order valence-electron chi connectivity index (χ4n) is 5.03. The van der Waals surface area contributed by atoms with Crippen molar-refractivity contribution < 1.29 is 17.9 Å². The maximum atomic E-state index is 13.1. The summed E-state index contributed by atoms with van der Waals surface area (Å²) < 4.78 is 29.9. The van der Waals surface area contributed by atoms with Crippen LogP contribution in [-0.4, -0.2) is 50.7 Å². The number of halogens is 1. The highest BCUT2D eigenvalue weighted by Crippen LogP contribution is 2.50. The number of guanidine groups is 1. The average Bonchev–Trinajstić information content (AvgIpc) is 2.75. The van der Waals surface area contributed by atoms with Gasteiger partial charge in [-0.3, -0.25) is 9.69 Å². The first kappa shape index (κ1) is 22.2. The molecular weight excluding hydrogens is 464 g/mol. The van der Waals surface area contributed by atoms with E-state index < -0.39 is 15.4 Å². The number of nitrogens with one attached hydrogen (secondary N) is 1. The molecule has 33 heavy (non-hydrogen) atoms. The van der Waals surface area contributed by atoms with Crippen LogP contribution in [0.25, 0.3) is 0 Å². The van der Waals surface area contributed by atoms with Crippen LogP contribution < -0.4 is 11.1 Å². The van der Waals surface area contributed by atoms with Crippen LogP contribution in [0.3, 0.4) is 0 Å². The lowest BCUT2D eigenvalue weighted by atomic mass is 9.67. The zero-order valence-corrected chi connectivity index (χ0v) is 19.7. The van der Waals surface area contributed by atoms with Crippen molar-refractivity contribution in [2.75, 3.05) is 24.8 Å². The van der Waals surface area contributed by atoms with Gasteiger partial charge in [-0.05, 0) is 48.2 Å². The number of carbonyl (C=O) groups excluding carboxylic acids is 1. The Morgan fingerprint density at radius 3 is 2.64 bits per heavy atom. The second kappa shape index (κ2) is 8.00. The van der Waals surface area contributed by atoms with Gasteiger partial charge in [-0.1, -0.05) is 23.7 Å². The number of ether oxygens (including phenoxy) is 1. The van der Waals surface area contributed by atoms with Crippen molar-refractivity contribution in [2.24, 2.45) is 10.7 Å². The Morgan fingerprint density at radius 2 is 1.94 bits per heavy atom. The van der Waals surface area contributed by atoms with Gasteiger partial charge in [-0.15, -0.1) is 0 Å². The van der Waals surface area contributed by atoms with Crippen molar-refractivity contribution in [3.63, 3.8) is 0 Å². The van der Waals surface area contributed by atoms with Crippen molar-refractivity contribution in [3.05, 3.63) is 52.5 Å². The first-order chi connectivity index (χ1) is 15.7. The molecule has 0 unspecified atom stereocenters. The number of amides is 1. The van der Waals surface area contributed by atoms with Gasteiger partial charge in [0.2, 0.25) is 5.91 Å². The molecule has 2 aliphatic heterocycles. The van der Waals surface area contributed by atoms with Crippen LogP contribution in [0.1, 0.15) is 30.4 Å². The SMILES string of the molecule is CS(=O)(=O)c1cc(Cl)ccc1Nc1cccc2c1C[C@]21CC(=O)N(C2CCOCC2)C(N)=N1. The number of sulfone groups is 1. The molecule has 5 rings (SSSR count). The zero-order chi connectivity index (χ0) is 23.4. The number of hydrogen-bond acceptors (Lipinski definition) is 7. The van der Waals surface area contributed by atoms with Crippen molar-refractivity contribution in [3.8, 4) is 0 Å². The quantitative estimate of drug-likeness (QED) is 0.683. The zero-order valence-electron chi connectivity index (χ0n) is 18.2. The monoisotopic (exact) mass is 488 g/mol. The van der Waals surface area contributed by atoms with Crippen molar-refractivity contribution >= 4 is 44.7 Å². The standard InChI is InChI=1S/C23H25ClN4O4S/c1-33(30,31)20-11-14(24)5-6-19(20)26-18-4-2-3-17-16(18)12-23(17)13-21(29)28(22(25)27-23)15-7-9-32-10-8-15/h2-6,11,15,26H,7-10,12-13H2,1H3,(H2,25,27)/t23-/m0/s1. The first-order valence-electron chi connectivity index (χ1n) is 10.8. The predicted molar refractivity (Wildman–Crippen MR) is 127 cm³/mol. The Morgan fingerprint density at radius 1 is 1.18 bits per heavy atom. The number of aliphatic imine (C=N–C) groups is 1. The lowest BCUT2D eigenvalue weighted by Gasteiger charge is -2.47. The van der Waals surface area contributed by atoms with Crippen LogP contribution in [0.2, 0.25) is 5.02 Å². The Labute approximate surface area is 197 Å². The third-order valence-corrected chi connectivity index (χ3v) is 7.97. The van der Waals surface area contributed by atoms with Crippen LogP contribution >= 0.6 is 11.6 Å². The maximum Gasteiger partial charge on any atom is 0.232 e. The number of anilines is 2. The topological polar surface area (TPSA) is 114 Å². The van der Waals surface area contributed by atoms with E-state index in [2.05, 4.69) is 5.32 Å². The highest BCUT2D eigenvalue weighted by Gasteiger charge is 2.50. The van der Waals surface area contributed by atoms with E-state index in [-0.39, 0.29) is 29.2 Å². The minimum Gasteiger partial charge on any atom is -0.381 e. The second-order valence-corrected chi connectivity index (χ2v) is 11.3.